The Balaban J connectivity index is 2.58. The van der Waals surface area contributed by atoms with Crippen LogP contribution in [0, 0.1) is 0 Å². The normalized spacial score (nSPS) is 10.5. The van der Waals surface area contributed by atoms with E-state index in [9.17, 15) is 4.79 Å². The van der Waals surface area contributed by atoms with E-state index in [1.54, 1.807) is 18.4 Å². The first-order valence-electron chi connectivity index (χ1n) is 4.47. The zero-order valence-corrected chi connectivity index (χ0v) is 9.00. The third-order valence-electron chi connectivity index (χ3n) is 2.21. The summed E-state index contributed by atoms with van der Waals surface area (Å²) in [4.78, 5) is 10.7. The molecule has 0 saturated heterocycles. The topological polar surface area (TPSA) is 46.5 Å². The monoisotopic (exact) mass is 222 g/mol. The maximum Gasteiger partial charge on any atom is 0.307 e. The minimum Gasteiger partial charge on any atom is -0.496 e. The Morgan fingerprint density at radius 1 is 1.47 bits per heavy atom. The number of hydrogen-bond donors (Lipinski definition) is 1. The number of ether oxygens (including phenoxy) is 1. The minimum absolute atomic E-state index is 0.00500. The predicted molar refractivity (Wildman–Crippen MR) is 59.7 cm³/mol. The molecule has 2 rings (SSSR count). The molecule has 78 valence electrons. The fourth-order valence-electron chi connectivity index (χ4n) is 1.61. The summed E-state index contributed by atoms with van der Waals surface area (Å²) in [7, 11) is 1.57. The molecule has 0 aliphatic carbocycles. The van der Waals surface area contributed by atoms with Gasteiger partial charge < -0.3 is 9.84 Å². The number of benzene rings is 1. The smallest absolute Gasteiger partial charge is 0.307 e. The highest BCUT2D eigenvalue weighted by atomic mass is 32.1. The summed E-state index contributed by atoms with van der Waals surface area (Å²) in [6.45, 7) is 0. The van der Waals surface area contributed by atoms with Crippen molar-refractivity contribution in [2.24, 2.45) is 0 Å². The lowest BCUT2D eigenvalue weighted by Crippen LogP contribution is -2.02. The van der Waals surface area contributed by atoms with Gasteiger partial charge in [-0.15, -0.1) is 11.3 Å². The molecule has 4 heteroatoms. The van der Waals surface area contributed by atoms with Crippen molar-refractivity contribution in [3.8, 4) is 5.75 Å². The molecule has 2 aromatic rings. The van der Waals surface area contributed by atoms with Gasteiger partial charge in [-0.05, 0) is 17.5 Å². The van der Waals surface area contributed by atoms with Crippen molar-refractivity contribution >= 4 is 27.4 Å². The average molecular weight is 222 g/mol. The van der Waals surface area contributed by atoms with Crippen LogP contribution in [0.3, 0.4) is 0 Å². The highest BCUT2D eigenvalue weighted by Crippen LogP contribution is 2.33. The maximum absolute atomic E-state index is 10.7. The molecule has 1 N–H and O–H groups in total. The second kappa shape index (κ2) is 3.90. The molecule has 0 radical (unpaired) electrons. The molecule has 0 spiro atoms. The summed E-state index contributed by atoms with van der Waals surface area (Å²) in [5.41, 5.74) is 0.718. The minimum atomic E-state index is -0.845. The lowest BCUT2D eigenvalue weighted by molar-refractivity contribution is -0.136. The SMILES string of the molecule is COc1c(CC(=O)O)ccc2sccc12. The second-order valence-electron chi connectivity index (χ2n) is 3.16. The van der Waals surface area contributed by atoms with Crippen molar-refractivity contribution in [1.82, 2.24) is 0 Å². The first-order valence-corrected chi connectivity index (χ1v) is 5.35. The van der Waals surface area contributed by atoms with Crippen molar-refractivity contribution in [3.63, 3.8) is 0 Å². The van der Waals surface area contributed by atoms with Crippen LogP contribution in [0.25, 0.3) is 10.1 Å². The molecule has 0 aliphatic heterocycles. The van der Waals surface area contributed by atoms with Gasteiger partial charge in [-0.1, -0.05) is 6.07 Å². The molecule has 1 aromatic heterocycles. The Kier molecular flexibility index (Phi) is 2.60. The number of methoxy groups -OCH3 is 1. The van der Waals surface area contributed by atoms with E-state index in [4.69, 9.17) is 9.84 Å². The highest BCUT2D eigenvalue weighted by Gasteiger charge is 2.11. The van der Waals surface area contributed by atoms with Crippen LogP contribution in [0.15, 0.2) is 23.6 Å². The fourth-order valence-corrected chi connectivity index (χ4v) is 2.39. The van der Waals surface area contributed by atoms with Gasteiger partial charge in [0.15, 0.2) is 0 Å². The van der Waals surface area contributed by atoms with Gasteiger partial charge in [-0.2, -0.15) is 0 Å². The Morgan fingerprint density at radius 3 is 2.93 bits per heavy atom. The first kappa shape index (κ1) is 9.98. The molecule has 15 heavy (non-hydrogen) atoms. The number of fused-ring (bicyclic) bond motifs is 1. The van der Waals surface area contributed by atoms with Gasteiger partial charge in [-0.3, -0.25) is 4.79 Å². The molecule has 0 saturated carbocycles. The summed E-state index contributed by atoms with van der Waals surface area (Å²) >= 11 is 1.62. The molecule has 0 amide bonds. The van der Waals surface area contributed by atoms with Crippen molar-refractivity contribution < 1.29 is 14.6 Å². The average Bonchev–Trinajstić information content (AvgIpc) is 2.64. The van der Waals surface area contributed by atoms with Crippen molar-refractivity contribution in [1.29, 1.82) is 0 Å². The molecule has 0 atom stereocenters. The van der Waals surface area contributed by atoms with Crippen LogP contribution in [0.5, 0.6) is 5.75 Å². The number of aliphatic carboxylic acids is 1. The number of rotatable bonds is 3. The predicted octanol–water partition coefficient (Wildman–Crippen LogP) is 2.54. The van der Waals surface area contributed by atoms with Crippen LogP contribution in [-0.4, -0.2) is 18.2 Å². The van der Waals surface area contributed by atoms with Crippen LogP contribution >= 0.6 is 11.3 Å². The number of carboxylic acid groups (broad SMARTS) is 1. The molecule has 0 fully saturated rings. The summed E-state index contributed by atoms with van der Waals surface area (Å²) < 4.78 is 6.37. The maximum atomic E-state index is 10.7. The van der Waals surface area contributed by atoms with E-state index in [0.717, 1.165) is 15.6 Å². The van der Waals surface area contributed by atoms with Crippen molar-refractivity contribution in [2.45, 2.75) is 6.42 Å². The molecular formula is C11H10O3S. The summed E-state index contributed by atoms with van der Waals surface area (Å²) in [6, 6.07) is 5.69. The lowest BCUT2D eigenvalue weighted by atomic mass is 10.1. The van der Waals surface area contributed by atoms with Gasteiger partial charge in [0.1, 0.15) is 5.75 Å². The molecule has 1 aromatic carbocycles. The molecule has 0 unspecified atom stereocenters. The quantitative estimate of drug-likeness (QED) is 0.868. The van der Waals surface area contributed by atoms with Gasteiger partial charge in [0.05, 0.1) is 13.5 Å². The molecule has 1 heterocycles. The molecule has 0 bridgehead atoms. The second-order valence-corrected chi connectivity index (χ2v) is 4.11. The Bertz CT molecular complexity index is 502. The van der Waals surface area contributed by atoms with E-state index < -0.39 is 5.97 Å². The summed E-state index contributed by atoms with van der Waals surface area (Å²) in [6.07, 6.45) is -0.00500. The van der Waals surface area contributed by atoms with Crippen LogP contribution in [0.4, 0.5) is 0 Å². The third kappa shape index (κ3) is 1.80. The van der Waals surface area contributed by atoms with Crippen LogP contribution in [0.2, 0.25) is 0 Å². The molecular weight excluding hydrogens is 212 g/mol. The van der Waals surface area contributed by atoms with E-state index in [1.807, 2.05) is 23.6 Å². The van der Waals surface area contributed by atoms with Crippen LogP contribution in [0.1, 0.15) is 5.56 Å². The summed E-state index contributed by atoms with van der Waals surface area (Å²) in [5.74, 6) is -0.168. The van der Waals surface area contributed by atoms with Crippen LogP contribution < -0.4 is 4.74 Å². The zero-order valence-electron chi connectivity index (χ0n) is 8.19. The van der Waals surface area contributed by atoms with Gasteiger partial charge in [0.2, 0.25) is 0 Å². The van der Waals surface area contributed by atoms with Crippen LogP contribution in [-0.2, 0) is 11.2 Å². The number of carboxylic acids is 1. The van der Waals surface area contributed by atoms with Gasteiger partial charge >= 0.3 is 5.97 Å². The van der Waals surface area contributed by atoms with Crippen molar-refractivity contribution in [3.05, 3.63) is 29.1 Å². The number of hydrogen-bond acceptors (Lipinski definition) is 3. The molecule has 0 aliphatic rings. The third-order valence-corrected chi connectivity index (χ3v) is 3.10. The van der Waals surface area contributed by atoms with Gasteiger partial charge in [0, 0.05) is 15.6 Å². The standard InChI is InChI=1S/C11H10O3S/c1-14-11-7(6-10(12)13)2-3-9-8(11)4-5-15-9/h2-5H,6H2,1H3,(H,12,13). The van der Waals surface area contributed by atoms with Crippen molar-refractivity contribution in [2.75, 3.05) is 7.11 Å². The Hall–Kier alpha value is -1.55. The number of thiophene rings is 1. The Morgan fingerprint density at radius 2 is 2.27 bits per heavy atom. The largest absolute Gasteiger partial charge is 0.496 e. The highest BCUT2D eigenvalue weighted by molar-refractivity contribution is 7.17. The fraction of sp³-hybridized carbons (Fsp3) is 0.182. The van der Waals surface area contributed by atoms with E-state index in [1.165, 1.54) is 0 Å². The Labute approximate surface area is 90.9 Å². The van der Waals surface area contributed by atoms with E-state index in [2.05, 4.69) is 0 Å². The zero-order chi connectivity index (χ0) is 10.8. The first-order chi connectivity index (χ1) is 7.22. The van der Waals surface area contributed by atoms with E-state index in [0.29, 0.717) is 5.75 Å². The van der Waals surface area contributed by atoms with E-state index >= 15 is 0 Å². The lowest BCUT2D eigenvalue weighted by Gasteiger charge is -2.07. The number of carbonyl (C=O) groups is 1. The summed E-state index contributed by atoms with van der Waals surface area (Å²) in [5, 5.41) is 11.7. The van der Waals surface area contributed by atoms with E-state index in [-0.39, 0.29) is 6.42 Å². The molecule has 3 nitrogen and oxygen atoms in total. The van der Waals surface area contributed by atoms with Gasteiger partial charge in [0.25, 0.3) is 0 Å². The van der Waals surface area contributed by atoms with Gasteiger partial charge in [-0.25, -0.2) is 0 Å².